The highest BCUT2D eigenvalue weighted by molar-refractivity contribution is 5.77. The zero-order valence-electron chi connectivity index (χ0n) is 17.1. The highest BCUT2D eigenvalue weighted by Gasteiger charge is 2.16. The molecule has 4 heterocycles. The third-order valence-electron chi connectivity index (χ3n) is 5.07. The van der Waals surface area contributed by atoms with E-state index in [2.05, 4.69) is 20.4 Å². The van der Waals surface area contributed by atoms with Crippen molar-refractivity contribution in [2.45, 2.75) is 20.0 Å². The third kappa shape index (κ3) is 3.88. The van der Waals surface area contributed by atoms with Crippen LogP contribution in [0.15, 0.2) is 67.1 Å². The Kier molecular flexibility index (Phi) is 4.89. The SMILES string of the molecule is Cc1cccc(-c2[nH]c(CNc3cccc(CN)c3)nc2-c2ccc3ncnn3c2)n1. The van der Waals surface area contributed by atoms with Gasteiger partial charge in [0.1, 0.15) is 12.2 Å². The van der Waals surface area contributed by atoms with E-state index in [1.165, 1.54) is 6.33 Å². The molecule has 8 heteroatoms. The van der Waals surface area contributed by atoms with E-state index in [9.17, 15) is 0 Å². The summed E-state index contributed by atoms with van der Waals surface area (Å²) in [4.78, 5) is 17.3. The fourth-order valence-corrected chi connectivity index (χ4v) is 3.53. The minimum atomic E-state index is 0.508. The van der Waals surface area contributed by atoms with E-state index < -0.39 is 0 Å². The molecule has 0 fully saturated rings. The molecule has 0 aliphatic rings. The Morgan fingerprint density at radius 3 is 2.84 bits per heavy atom. The molecule has 0 saturated heterocycles. The monoisotopic (exact) mass is 410 g/mol. The van der Waals surface area contributed by atoms with Crippen molar-refractivity contribution in [3.63, 3.8) is 0 Å². The molecule has 4 N–H and O–H groups in total. The molecular weight excluding hydrogens is 388 g/mol. The molecule has 0 bridgehead atoms. The van der Waals surface area contributed by atoms with Gasteiger partial charge >= 0.3 is 0 Å². The average Bonchev–Trinajstić information content (AvgIpc) is 3.44. The number of nitrogens with zero attached hydrogens (tertiary/aromatic N) is 5. The van der Waals surface area contributed by atoms with Crippen LogP contribution >= 0.6 is 0 Å². The van der Waals surface area contributed by atoms with Gasteiger partial charge in [0.15, 0.2) is 5.65 Å². The van der Waals surface area contributed by atoms with Gasteiger partial charge in [-0.15, -0.1) is 0 Å². The molecule has 0 atom stereocenters. The normalized spacial score (nSPS) is 11.2. The highest BCUT2D eigenvalue weighted by atomic mass is 15.3. The van der Waals surface area contributed by atoms with Crippen molar-refractivity contribution in [1.29, 1.82) is 0 Å². The van der Waals surface area contributed by atoms with Crippen LogP contribution in [-0.4, -0.2) is 29.5 Å². The van der Waals surface area contributed by atoms with Gasteiger partial charge in [0.05, 0.1) is 23.6 Å². The van der Waals surface area contributed by atoms with Crippen LogP contribution in [0.4, 0.5) is 5.69 Å². The van der Waals surface area contributed by atoms with Gasteiger partial charge in [-0.3, -0.25) is 4.98 Å². The summed E-state index contributed by atoms with van der Waals surface area (Å²) in [6.07, 6.45) is 3.47. The second-order valence-corrected chi connectivity index (χ2v) is 7.31. The number of hydrogen-bond acceptors (Lipinski definition) is 6. The lowest BCUT2D eigenvalue weighted by Gasteiger charge is -2.06. The molecule has 0 unspecified atom stereocenters. The second-order valence-electron chi connectivity index (χ2n) is 7.31. The topological polar surface area (TPSA) is 110 Å². The summed E-state index contributed by atoms with van der Waals surface area (Å²) in [5.41, 5.74) is 13.0. The van der Waals surface area contributed by atoms with E-state index in [1.54, 1.807) is 4.52 Å². The van der Waals surface area contributed by atoms with E-state index in [-0.39, 0.29) is 0 Å². The molecule has 0 spiro atoms. The summed E-state index contributed by atoms with van der Waals surface area (Å²) in [5.74, 6) is 0.810. The number of benzene rings is 1. The van der Waals surface area contributed by atoms with E-state index in [0.29, 0.717) is 13.1 Å². The van der Waals surface area contributed by atoms with Crippen molar-refractivity contribution in [1.82, 2.24) is 29.5 Å². The predicted molar refractivity (Wildman–Crippen MR) is 120 cm³/mol. The Balaban J connectivity index is 1.53. The number of nitrogens with two attached hydrogens (primary N) is 1. The number of pyridine rings is 2. The summed E-state index contributed by atoms with van der Waals surface area (Å²) in [6.45, 7) is 3.03. The summed E-state index contributed by atoms with van der Waals surface area (Å²) in [7, 11) is 0. The molecule has 8 nitrogen and oxygen atoms in total. The standard InChI is InChI=1S/C23H22N8/c1-15-4-2-7-19(28-15)23-22(17-8-9-21-26-14-27-31(21)13-17)29-20(30-23)12-25-18-6-3-5-16(10-18)11-24/h2-10,13-14,25H,11-12,24H2,1H3,(H,29,30). The van der Waals surface area contributed by atoms with E-state index in [1.807, 2.05) is 67.7 Å². The Bertz CT molecular complexity index is 1350. The minimum Gasteiger partial charge on any atom is -0.378 e. The van der Waals surface area contributed by atoms with Crippen LogP contribution in [0.5, 0.6) is 0 Å². The Morgan fingerprint density at radius 1 is 1.06 bits per heavy atom. The Labute approximate surface area is 179 Å². The molecule has 31 heavy (non-hydrogen) atoms. The summed E-state index contributed by atoms with van der Waals surface area (Å²) in [6, 6.07) is 18.0. The van der Waals surface area contributed by atoms with Gasteiger partial charge in [0, 0.05) is 29.7 Å². The number of rotatable bonds is 6. The molecule has 0 saturated carbocycles. The minimum absolute atomic E-state index is 0.508. The summed E-state index contributed by atoms with van der Waals surface area (Å²) >= 11 is 0. The number of aryl methyl sites for hydroxylation is 1. The van der Waals surface area contributed by atoms with Crippen LogP contribution in [0.1, 0.15) is 17.1 Å². The molecule has 5 aromatic rings. The quantitative estimate of drug-likeness (QED) is 0.395. The first kappa shape index (κ1) is 19.0. The smallest absolute Gasteiger partial charge is 0.155 e. The fraction of sp³-hybridized carbons (Fsp3) is 0.130. The number of aromatic nitrogens is 6. The van der Waals surface area contributed by atoms with Crippen molar-refractivity contribution < 1.29 is 0 Å². The highest BCUT2D eigenvalue weighted by Crippen LogP contribution is 2.29. The molecule has 0 radical (unpaired) electrons. The fourth-order valence-electron chi connectivity index (χ4n) is 3.53. The van der Waals surface area contributed by atoms with Crippen molar-refractivity contribution in [3.8, 4) is 22.6 Å². The maximum atomic E-state index is 5.76. The van der Waals surface area contributed by atoms with Crippen molar-refractivity contribution in [3.05, 3.63) is 84.2 Å². The largest absolute Gasteiger partial charge is 0.378 e. The molecule has 154 valence electrons. The number of anilines is 1. The molecule has 0 amide bonds. The molecular formula is C23H22N8. The van der Waals surface area contributed by atoms with Crippen LogP contribution < -0.4 is 11.1 Å². The number of imidazole rings is 1. The first-order valence-electron chi connectivity index (χ1n) is 10.0. The van der Waals surface area contributed by atoms with Gasteiger partial charge < -0.3 is 16.0 Å². The molecule has 5 rings (SSSR count). The molecule has 0 aliphatic carbocycles. The van der Waals surface area contributed by atoms with E-state index in [4.69, 9.17) is 15.7 Å². The van der Waals surface area contributed by atoms with Gasteiger partial charge in [0.25, 0.3) is 0 Å². The third-order valence-corrected chi connectivity index (χ3v) is 5.07. The van der Waals surface area contributed by atoms with E-state index >= 15 is 0 Å². The van der Waals surface area contributed by atoms with Crippen molar-refractivity contribution >= 4 is 11.3 Å². The van der Waals surface area contributed by atoms with Crippen LogP contribution in [-0.2, 0) is 13.1 Å². The van der Waals surface area contributed by atoms with Crippen LogP contribution in [0.25, 0.3) is 28.3 Å². The Morgan fingerprint density at radius 2 is 1.97 bits per heavy atom. The van der Waals surface area contributed by atoms with Gasteiger partial charge in [-0.1, -0.05) is 18.2 Å². The molecule has 4 aromatic heterocycles. The zero-order chi connectivity index (χ0) is 21.2. The van der Waals surface area contributed by atoms with Crippen molar-refractivity contribution in [2.75, 3.05) is 5.32 Å². The lowest BCUT2D eigenvalue weighted by atomic mass is 10.1. The maximum Gasteiger partial charge on any atom is 0.155 e. The summed E-state index contributed by atoms with van der Waals surface area (Å²) < 4.78 is 1.74. The van der Waals surface area contributed by atoms with Gasteiger partial charge in [-0.25, -0.2) is 14.5 Å². The Hall–Kier alpha value is -4.04. The van der Waals surface area contributed by atoms with E-state index in [0.717, 1.165) is 51.1 Å². The van der Waals surface area contributed by atoms with Crippen LogP contribution in [0, 0.1) is 6.92 Å². The first-order chi connectivity index (χ1) is 15.2. The first-order valence-corrected chi connectivity index (χ1v) is 10.0. The van der Waals surface area contributed by atoms with Gasteiger partial charge in [-0.05, 0) is 48.9 Å². The van der Waals surface area contributed by atoms with Gasteiger partial charge in [-0.2, -0.15) is 5.10 Å². The lowest BCUT2D eigenvalue weighted by Crippen LogP contribution is -2.03. The number of nitrogens with one attached hydrogen (secondary N) is 2. The number of aromatic amines is 1. The number of H-pyrrole nitrogens is 1. The molecule has 0 aliphatic heterocycles. The summed E-state index contributed by atoms with van der Waals surface area (Å²) in [5, 5.41) is 7.67. The maximum absolute atomic E-state index is 5.76. The van der Waals surface area contributed by atoms with Gasteiger partial charge in [0.2, 0.25) is 0 Å². The predicted octanol–water partition coefficient (Wildman–Crippen LogP) is 3.56. The zero-order valence-corrected chi connectivity index (χ0v) is 17.1. The number of hydrogen-bond donors (Lipinski definition) is 3. The average molecular weight is 410 g/mol. The molecule has 1 aromatic carbocycles. The van der Waals surface area contributed by atoms with Crippen LogP contribution in [0.3, 0.4) is 0 Å². The van der Waals surface area contributed by atoms with Crippen molar-refractivity contribution in [2.24, 2.45) is 5.73 Å². The van der Waals surface area contributed by atoms with Crippen LogP contribution in [0.2, 0.25) is 0 Å². The lowest BCUT2D eigenvalue weighted by molar-refractivity contribution is 0.960. The number of fused-ring (bicyclic) bond motifs is 1. The second kappa shape index (κ2) is 8.00.